The van der Waals surface area contributed by atoms with E-state index in [9.17, 15) is 0 Å². The van der Waals surface area contributed by atoms with Crippen LogP contribution >= 0.6 is 0 Å². The minimum atomic E-state index is 1.06. The van der Waals surface area contributed by atoms with Crippen molar-refractivity contribution in [3.05, 3.63) is 29.2 Å². The van der Waals surface area contributed by atoms with E-state index in [1.807, 2.05) is 6.26 Å². The molecule has 0 aliphatic heterocycles. The largest absolute Gasteiger partial charge is 0.468 e. The summed E-state index contributed by atoms with van der Waals surface area (Å²) in [7, 11) is 0. The van der Waals surface area contributed by atoms with Gasteiger partial charge in [-0.15, -0.1) is 0 Å². The highest BCUT2D eigenvalue weighted by atomic mass is 16.3. The van der Waals surface area contributed by atoms with E-state index < -0.39 is 0 Å². The van der Waals surface area contributed by atoms with Crippen molar-refractivity contribution in [1.82, 2.24) is 0 Å². The number of rotatable bonds is 2. The average Bonchev–Trinajstić information content (AvgIpc) is 2.58. The van der Waals surface area contributed by atoms with Crippen LogP contribution in [0.2, 0.25) is 0 Å². The van der Waals surface area contributed by atoms with Gasteiger partial charge in [0.2, 0.25) is 0 Å². The molecule has 1 heterocycles. The summed E-state index contributed by atoms with van der Waals surface area (Å²) >= 11 is 0. The van der Waals surface area contributed by atoms with Gasteiger partial charge in [0.1, 0.15) is 5.76 Å². The molecule has 0 bridgehead atoms. The maximum absolute atomic E-state index is 5.51. The number of hydrogen-bond acceptors (Lipinski definition) is 1. The van der Waals surface area contributed by atoms with Crippen LogP contribution in [0.25, 0.3) is 5.57 Å². The van der Waals surface area contributed by atoms with Crippen molar-refractivity contribution >= 4 is 5.57 Å². The van der Waals surface area contributed by atoms with Gasteiger partial charge in [0, 0.05) is 17.5 Å². The maximum Gasteiger partial charge on any atom is 0.111 e. The topological polar surface area (TPSA) is 13.1 Å². The third kappa shape index (κ3) is 1.01. The van der Waals surface area contributed by atoms with Gasteiger partial charge in [-0.25, -0.2) is 0 Å². The molecule has 2 rings (SSSR count). The molecule has 12 heavy (non-hydrogen) atoms. The molecule has 1 aromatic heterocycles. The first-order valence-electron chi connectivity index (χ1n) is 4.59. The molecule has 1 aliphatic carbocycles. The number of fused-ring (bicyclic) bond motifs is 1. The fourth-order valence-electron chi connectivity index (χ4n) is 1.84. The van der Waals surface area contributed by atoms with Gasteiger partial charge in [0.15, 0.2) is 0 Å². The number of allylic oxidation sites excluding steroid dienone is 2. The van der Waals surface area contributed by atoms with E-state index in [2.05, 4.69) is 19.9 Å². The Hall–Kier alpha value is -0.980. The molecule has 64 valence electrons. The molecule has 0 spiro atoms. The van der Waals surface area contributed by atoms with Crippen LogP contribution in [0.15, 0.2) is 16.8 Å². The normalized spacial score (nSPS) is 14.7. The van der Waals surface area contributed by atoms with Crippen molar-refractivity contribution in [3.63, 3.8) is 0 Å². The minimum absolute atomic E-state index is 1.06. The standard InChI is InChI=1S/C11H14O/c1-3-4-10-11-8(2)5-6-9(11)7-12-10/h5,7H,3-4,6H2,1-2H3. The van der Waals surface area contributed by atoms with Crippen molar-refractivity contribution in [2.45, 2.75) is 33.1 Å². The number of hydrogen-bond donors (Lipinski definition) is 0. The third-order valence-electron chi connectivity index (χ3n) is 2.44. The molecular formula is C11H14O. The zero-order valence-corrected chi connectivity index (χ0v) is 7.68. The van der Waals surface area contributed by atoms with Crippen LogP contribution in [0.4, 0.5) is 0 Å². The molecule has 1 nitrogen and oxygen atoms in total. The molecule has 0 atom stereocenters. The van der Waals surface area contributed by atoms with Crippen molar-refractivity contribution in [3.8, 4) is 0 Å². The van der Waals surface area contributed by atoms with Crippen molar-refractivity contribution < 1.29 is 4.42 Å². The zero-order valence-electron chi connectivity index (χ0n) is 7.68. The maximum atomic E-state index is 5.51. The lowest BCUT2D eigenvalue weighted by atomic mass is 10.1. The smallest absolute Gasteiger partial charge is 0.111 e. The van der Waals surface area contributed by atoms with E-state index in [1.54, 1.807) is 0 Å². The quantitative estimate of drug-likeness (QED) is 0.651. The first kappa shape index (κ1) is 7.66. The summed E-state index contributed by atoms with van der Waals surface area (Å²) in [6.45, 7) is 4.35. The lowest BCUT2D eigenvalue weighted by Gasteiger charge is -1.97. The fourth-order valence-corrected chi connectivity index (χ4v) is 1.84. The van der Waals surface area contributed by atoms with E-state index in [0.717, 1.165) is 19.3 Å². The summed E-state index contributed by atoms with van der Waals surface area (Å²) in [5.74, 6) is 1.18. The Labute approximate surface area is 73.1 Å². The molecule has 1 aromatic rings. The Bertz CT molecular complexity index is 318. The molecule has 0 radical (unpaired) electrons. The van der Waals surface area contributed by atoms with Gasteiger partial charge in [-0.1, -0.05) is 13.0 Å². The van der Waals surface area contributed by atoms with Crippen LogP contribution in [0.3, 0.4) is 0 Å². The Morgan fingerprint density at radius 2 is 2.33 bits per heavy atom. The van der Waals surface area contributed by atoms with E-state index in [-0.39, 0.29) is 0 Å². The Morgan fingerprint density at radius 1 is 1.50 bits per heavy atom. The third-order valence-corrected chi connectivity index (χ3v) is 2.44. The highest BCUT2D eigenvalue weighted by Crippen LogP contribution is 2.32. The van der Waals surface area contributed by atoms with Crippen molar-refractivity contribution in [2.75, 3.05) is 0 Å². The minimum Gasteiger partial charge on any atom is -0.468 e. The molecule has 1 aliphatic rings. The van der Waals surface area contributed by atoms with Crippen LogP contribution in [0.5, 0.6) is 0 Å². The van der Waals surface area contributed by atoms with Gasteiger partial charge in [-0.2, -0.15) is 0 Å². The van der Waals surface area contributed by atoms with E-state index >= 15 is 0 Å². The van der Waals surface area contributed by atoms with Gasteiger partial charge in [0.25, 0.3) is 0 Å². The second-order valence-electron chi connectivity index (χ2n) is 3.40. The molecule has 0 N–H and O–H groups in total. The van der Waals surface area contributed by atoms with Gasteiger partial charge in [0.05, 0.1) is 6.26 Å². The molecule has 1 heteroatoms. The first-order valence-corrected chi connectivity index (χ1v) is 4.59. The molecule has 0 fully saturated rings. The summed E-state index contributed by atoms with van der Waals surface area (Å²) in [6.07, 6.45) is 7.48. The zero-order chi connectivity index (χ0) is 8.55. The van der Waals surface area contributed by atoms with E-state index in [4.69, 9.17) is 4.42 Å². The predicted octanol–water partition coefficient (Wildman–Crippen LogP) is 3.19. The Morgan fingerprint density at radius 3 is 3.08 bits per heavy atom. The van der Waals surface area contributed by atoms with Crippen LogP contribution in [0.1, 0.15) is 37.2 Å². The van der Waals surface area contributed by atoms with Gasteiger partial charge in [-0.3, -0.25) is 0 Å². The SMILES string of the molecule is CCCc1occ2c1C(C)=CC2. The van der Waals surface area contributed by atoms with Crippen LogP contribution in [-0.2, 0) is 12.8 Å². The van der Waals surface area contributed by atoms with Gasteiger partial charge < -0.3 is 4.42 Å². The highest BCUT2D eigenvalue weighted by molar-refractivity contribution is 5.72. The molecule has 0 amide bonds. The molecule has 0 saturated heterocycles. The number of aryl methyl sites for hydroxylation is 1. The lowest BCUT2D eigenvalue weighted by molar-refractivity contribution is 0.503. The second-order valence-corrected chi connectivity index (χ2v) is 3.40. The van der Waals surface area contributed by atoms with E-state index in [0.29, 0.717) is 0 Å². The van der Waals surface area contributed by atoms with Crippen molar-refractivity contribution in [2.24, 2.45) is 0 Å². The van der Waals surface area contributed by atoms with E-state index in [1.165, 1.54) is 22.5 Å². The molecule has 0 aromatic carbocycles. The Balaban J connectivity index is 2.39. The van der Waals surface area contributed by atoms with Crippen LogP contribution < -0.4 is 0 Å². The highest BCUT2D eigenvalue weighted by Gasteiger charge is 2.17. The van der Waals surface area contributed by atoms with Gasteiger partial charge >= 0.3 is 0 Å². The summed E-state index contributed by atoms with van der Waals surface area (Å²) < 4.78 is 5.51. The second kappa shape index (κ2) is 2.81. The fraction of sp³-hybridized carbons (Fsp3) is 0.455. The number of furan rings is 1. The predicted molar refractivity (Wildman–Crippen MR) is 50.1 cm³/mol. The monoisotopic (exact) mass is 162 g/mol. The summed E-state index contributed by atoms with van der Waals surface area (Å²) in [5.41, 5.74) is 4.15. The van der Waals surface area contributed by atoms with Crippen LogP contribution in [0, 0.1) is 0 Å². The molecule has 0 saturated carbocycles. The summed E-state index contributed by atoms with van der Waals surface area (Å²) in [5, 5.41) is 0. The first-order chi connectivity index (χ1) is 5.83. The van der Waals surface area contributed by atoms with Gasteiger partial charge in [-0.05, 0) is 25.3 Å². The Kier molecular flexibility index (Phi) is 1.80. The molecular weight excluding hydrogens is 148 g/mol. The summed E-state index contributed by atoms with van der Waals surface area (Å²) in [4.78, 5) is 0. The molecule has 0 unspecified atom stereocenters. The van der Waals surface area contributed by atoms with Crippen LogP contribution in [-0.4, -0.2) is 0 Å². The lowest BCUT2D eigenvalue weighted by Crippen LogP contribution is -1.85. The average molecular weight is 162 g/mol. The van der Waals surface area contributed by atoms with Crippen molar-refractivity contribution in [1.29, 1.82) is 0 Å². The summed E-state index contributed by atoms with van der Waals surface area (Å²) in [6, 6.07) is 0.